The van der Waals surface area contributed by atoms with Crippen molar-refractivity contribution in [2.45, 2.75) is 31.7 Å². The van der Waals surface area contributed by atoms with E-state index in [0.29, 0.717) is 17.3 Å². The van der Waals surface area contributed by atoms with Crippen LogP contribution in [0, 0.1) is 0 Å². The Morgan fingerprint density at radius 2 is 1.83 bits per heavy atom. The van der Waals surface area contributed by atoms with Crippen molar-refractivity contribution in [1.29, 1.82) is 0 Å². The van der Waals surface area contributed by atoms with E-state index in [1.165, 1.54) is 18.9 Å². The van der Waals surface area contributed by atoms with E-state index in [0.717, 1.165) is 17.7 Å². The smallest absolute Gasteiger partial charge is 0.251 e. The standard InChI is InChI=1S/C19H20N2O2S/c22-18(12-11-17-6-3-13-24-17)20-16-9-7-14(8-10-16)19(23)21-15-4-1-2-5-15/h3,6-13,15H,1-2,4-5H2,(H,20,22)(H,21,23)/b12-11+. The largest absolute Gasteiger partial charge is 0.349 e. The zero-order chi connectivity index (χ0) is 16.8. The molecule has 2 N–H and O–H groups in total. The van der Waals surface area contributed by atoms with Gasteiger partial charge in [0.2, 0.25) is 5.91 Å². The first-order valence-electron chi connectivity index (χ1n) is 8.14. The van der Waals surface area contributed by atoms with Crippen molar-refractivity contribution in [3.05, 3.63) is 58.3 Å². The van der Waals surface area contributed by atoms with Crippen LogP contribution in [0.1, 0.15) is 40.9 Å². The summed E-state index contributed by atoms with van der Waals surface area (Å²) in [5.41, 5.74) is 1.29. The van der Waals surface area contributed by atoms with Gasteiger partial charge in [0.15, 0.2) is 0 Å². The van der Waals surface area contributed by atoms with Gasteiger partial charge in [-0.15, -0.1) is 11.3 Å². The van der Waals surface area contributed by atoms with Crippen molar-refractivity contribution < 1.29 is 9.59 Å². The number of thiophene rings is 1. The Hall–Kier alpha value is -2.40. The lowest BCUT2D eigenvalue weighted by Crippen LogP contribution is -2.32. The molecule has 4 nitrogen and oxygen atoms in total. The molecular weight excluding hydrogens is 320 g/mol. The molecule has 0 bridgehead atoms. The molecule has 124 valence electrons. The Balaban J connectivity index is 1.53. The average Bonchev–Trinajstić information content (AvgIpc) is 3.27. The summed E-state index contributed by atoms with van der Waals surface area (Å²) in [4.78, 5) is 25.1. The van der Waals surface area contributed by atoms with Crippen molar-refractivity contribution in [2.24, 2.45) is 0 Å². The molecule has 5 heteroatoms. The minimum Gasteiger partial charge on any atom is -0.349 e. The summed E-state index contributed by atoms with van der Waals surface area (Å²) in [5.74, 6) is -0.232. The Kier molecular flexibility index (Phi) is 5.43. The summed E-state index contributed by atoms with van der Waals surface area (Å²) in [6.45, 7) is 0. The lowest BCUT2D eigenvalue weighted by Gasteiger charge is -2.12. The van der Waals surface area contributed by atoms with Crippen LogP contribution in [0.5, 0.6) is 0 Å². The maximum atomic E-state index is 12.2. The monoisotopic (exact) mass is 340 g/mol. The fourth-order valence-electron chi connectivity index (χ4n) is 2.77. The van der Waals surface area contributed by atoms with E-state index in [1.807, 2.05) is 17.5 Å². The van der Waals surface area contributed by atoms with Gasteiger partial charge >= 0.3 is 0 Å². The summed E-state index contributed by atoms with van der Waals surface area (Å²) < 4.78 is 0. The second kappa shape index (κ2) is 7.93. The Morgan fingerprint density at radius 3 is 2.50 bits per heavy atom. The van der Waals surface area contributed by atoms with E-state index in [1.54, 1.807) is 41.7 Å². The summed E-state index contributed by atoms with van der Waals surface area (Å²) in [7, 11) is 0. The van der Waals surface area contributed by atoms with Crippen LogP contribution in [0.2, 0.25) is 0 Å². The lowest BCUT2D eigenvalue weighted by atomic mass is 10.1. The van der Waals surface area contributed by atoms with E-state index in [2.05, 4.69) is 10.6 Å². The molecule has 24 heavy (non-hydrogen) atoms. The van der Waals surface area contributed by atoms with Crippen molar-refractivity contribution in [2.75, 3.05) is 5.32 Å². The molecule has 0 aliphatic heterocycles. The van der Waals surface area contributed by atoms with Crippen LogP contribution >= 0.6 is 11.3 Å². The summed E-state index contributed by atoms with van der Waals surface area (Å²) in [6, 6.07) is 11.2. The average molecular weight is 340 g/mol. The highest BCUT2D eigenvalue weighted by Crippen LogP contribution is 2.18. The minimum absolute atomic E-state index is 0.0441. The van der Waals surface area contributed by atoms with Crippen LogP contribution in [-0.4, -0.2) is 17.9 Å². The molecule has 0 unspecified atom stereocenters. The maximum Gasteiger partial charge on any atom is 0.251 e. The quantitative estimate of drug-likeness (QED) is 0.806. The van der Waals surface area contributed by atoms with E-state index >= 15 is 0 Å². The van der Waals surface area contributed by atoms with Gasteiger partial charge in [-0.2, -0.15) is 0 Å². The molecule has 1 aliphatic rings. The third-order valence-corrected chi connectivity index (χ3v) is 4.88. The van der Waals surface area contributed by atoms with Crippen LogP contribution in [0.15, 0.2) is 47.9 Å². The highest BCUT2D eigenvalue weighted by molar-refractivity contribution is 7.10. The van der Waals surface area contributed by atoms with Crippen molar-refractivity contribution >= 4 is 34.9 Å². The number of rotatable bonds is 5. The van der Waals surface area contributed by atoms with Crippen LogP contribution in [0.25, 0.3) is 6.08 Å². The van der Waals surface area contributed by atoms with Gasteiger partial charge < -0.3 is 10.6 Å². The number of anilines is 1. The number of carbonyl (C=O) groups excluding carboxylic acids is 2. The van der Waals surface area contributed by atoms with Crippen molar-refractivity contribution in [1.82, 2.24) is 5.32 Å². The fourth-order valence-corrected chi connectivity index (χ4v) is 3.39. The molecule has 1 aromatic heterocycles. The molecule has 1 aliphatic carbocycles. The molecule has 0 spiro atoms. The van der Waals surface area contributed by atoms with E-state index < -0.39 is 0 Å². The predicted octanol–water partition coefficient (Wildman–Crippen LogP) is 4.07. The molecule has 0 radical (unpaired) electrons. The lowest BCUT2D eigenvalue weighted by molar-refractivity contribution is -0.111. The Labute approximate surface area is 145 Å². The highest BCUT2D eigenvalue weighted by Gasteiger charge is 2.17. The normalized spacial score (nSPS) is 14.8. The summed E-state index contributed by atoms with van der Waals surface area (Å²) >= 11 is 1.58. The zero-order valence-electron chi connectivity index (χ0n) is 13.3. The van der Waals surface area contributed by atoms with Crippen LogP contribution in [0.3, 0.4) is 0 Å². The van der Waals surface area contributed by atoms with Crippen LogP contribution < -0.4 is 10.6 Å². The third-order valence-electron chi connectivity index (χ3n) is 4.05. The Bertz CT molecular complexity index is 714. The summed E-state index contributed by atoms with van der Waals surface area (Å²) in [5, 5.41) is 7.81. The molecule has 1 saturated carbocycles. The third kappa shape index (κ3) is 4.55. The first-order valence-corrected chi connectivity index (χ1v) is 9.02. The second-order valence-electron chi connectivity index (χ2n) is 5.87. The van der Waals surface area contributed by atoms with Gasteiger partial charge in [0, 0.05) is 28.2 Å². The molecule has 3 rings (SSSR count). The number of hydrogen-bond acceptors (Lipinski definition) is 3. The number of carbonyl (C=O) groups is 2. The zero-order valence-corrected chi connectivity index (χ0v) is 14.1. The van der Waals surface area contributed by atoms with Gasteiger partial charge in [0.05, 0.1) is 0 Å². The van der Waals surface area contributed by atoms with Gasteiger partial charge in [-0.05, 0) is 54.6 Å². The Morgan fingerprint density at radius 1 is 1.08 bits per heavy atom. The van der Waals surface area contributed by atoms with E-state index in [4.69, 9.17) is 0 Å². The molecule has 1 heterocycles. The fraction of sp³-hybridized carbons (Fsp3) is 0.263. The van der Waals surface area contributed by atoms with Gasteiger partial charge in [0.1, 0.15) is 0 Å². The SMILES string of the molecule is O=C(/C=C/c1cccs1)Nc1ccc(C(=O)NC2CCCC2)cc1. The highest BCUT2D eigenvalue weighted by atomic mass is 32.1. The molecule has 0 saturated heterocycles. The maximum absolute atomic E-state index is 12.2. The minimum atomic E-state index is -0.188. The number of hydrogen-bond donors (Lipinski definition) is 2. The van der Waals surface area contributed by atoms with Gasteiger partial charge in [0.25, 0.3) is 5.91 Å². The summed E-state index contributed by atoms with van der Waals surface area (Å²) in [6.07, 6.45) is 7.80. The number of nitrogens with one attached hydrogen (secondary N) is 2. The van der Waals surface area contributed by atoms with Crippen LogP contribution in [0.4, 0.5) is 5.69 Å². The van der Waals surface area contributed by atoms with Crippen molar-refractivity contribution in [3.63, 3.8) is 0 Å². The molecule has 0 atom stereocenters. The van der Waals surface area contributed by atoms with Gasteiger partial charge in [-0.1, -0.05) is 18.9 Å². The van der Waals surface area contributed by atoms with E-state index in [-0.39, 0.29) is 11.8 Å². The van der Waals surface area contributed by atoms with Crippen LogP contribution in [-0.2, 0) is 4.79 Å². The molecular formula is C19H20N2O2S. The topological polar surface area (TPSA) is 58.2 Å². The molecule has 1 aromatic carbocycles. The first kappa shape index (κ1) is 16.5. The molecule has 1 fully saturated rings. The number of benzene rings is 1. The molecule has 2 amide bonds. The number of amides is 2. The van der Waals surface area contributed by atoms with E-state index in [9.17, 15) is 9.59 Å². The van der Waals surface area contributed by atoms with Gasteiger partial charge in [-0.3, -0.25) is 9.59 Å². The second-order valence-corrected chi connectivity index (χ2v) is 6.85. The molecule has 2 aromatic rings. The van der Waals surface area contributed by atoms with Gasteiger partial charge in [-0.25, -0.2) is 0 Å². The van der Waals surface area contributed by atoms with Crippen molar-refractivity contribution in [3.8, 4) is 0 Å². The predicted molar refractivity (Wildman–Crippen MR) is 98.1 cm³/mol. The first-order chi connectivity index (χ1) is 11.7.